The van der Waals surface area contributed by atoms with E-state index in [9.17, 15) is 0 Å². The third-order valence-electron chi connectivity index (χ3n) is 4.16. The van der Waals surface area contributed by atoms with Gasteiger partial charge in [0.1, 0.15) is 5.82 Å². The minimum absolute atomic E-state index is 0.856. The molecule has 0 amide bonds. The number of imidazole rings is 1. The Morgan fingerprint density at radius 1 is 1.00 bits per heavy atom. The summed E-state index contributed by atoms with van der Waals surface area (Å²) < 4.78 is 1.82. The normalized spacial score (nSPS) is 16.1. The van der Waals surface area contributed by atoms with Crippen molar-refractivity contribution in [1.82, 2.24) is 29.5 Å². The first-order valence-corrected chi connectivity index (χ1v) is 7.83. The second-order valence-corrected chi connectivity index (χ2v) is 5.83. The second-order valence-electron chi connectivity index (χ2n) is 5.83. The van der Waals surface area contributed by atoms with Crippen LogP contribution in [0.15, 0.2) is 36.9 Å². The van der Waals surface area contributed by atoms with Crippen LogP contribution >= 0.6 is 0 Å². The fourth-order valence-electron chi connectivity index (χ4n) is 2.84. The Hall–Kier alpha value is -2.54. The smallest absolute Gasteiger partial charge is 0.153 e. The molecule has 4 rings (SSSR count). The monoisotopic (exact) mass is 309 g/mol. The van der Waals surface area contributed by atoms with Crippen LogP contribution < -0.4 is 4.90 Å². The zero-order valence-corrected chi connectivity index (χ0v) is 13.1. The molecule has 1 saturated heterocycles. The first-order chi connectivity index (χ1) is 11.3. The molecule has 0 bridgehead atoms. The molecule has 3 aromatic heterocycles. The van der Waals surface area contributed by atoms with Gasteiger partial charge in [-0.2, -0.15) is 0 Å². The number of hydrogen-bond donors (Lipinski definition) is 0. The van der Waals surface area contributed by atoms with E-state index in [4.69, 9.17) is 0 Å². The summed E-state index contributed by atoms with van der Waals surface area (Å²) in [6.45, 7) is 6.74. The van der Waals surface area contributed by atoms with Crippen molar-refractivity contribution in [2.24, 2.45) is 0 Å². The number of aromatic nitrogens is 5. The fraction of sp³-hybridized carbons (Fsp3) is 0.375. The Balaban J connectivity index is 1.39. The van der Waals surface area contributed by atoms with Crippen molar-refractivity contribution in [3.05, 3.63) is 48.3 Å². The van der Waals surface area contributed by atoms with Gasteiger partial charge < -0.3 is 4.90 Å². The first kappa shape index (κ1) is 14.1. The highest BCUT2D eigenvalue weighted by molar-refractivity contribution is 5.46. The van der Waals surface area contributed by atoms with Crippen molar-refractivity contribution in [1.29, 1.82) is 0 Å². The van der Waals surface area contributed by atoms with Crippen molar-refractivity contribution in [3.8, 4) is 0 Å². The minimum atomic E-state index is 0.856. The van der Waals surface area contributed by atoms with Gasteiger partial charge in [0.05, 0.1) is 11.4 Å². The van der Waals surface area contributed by atoms with E-state index in [0.29, 0.717) is 0 Å². The first-order valence-electron chi connectivity index (χ1n) is 7.83. The topological polar surface area (TPSA) is 62.5 Å². The molecular formula is C16H19N7. The molecule has 1 aliphatic heterocycles. The zero-order chi connectivity index (χ0) is 15.6. The molecule has 1 fully saturated rings. The van der Waals surface area contributed by atoms with Crippen molar-refractivity contribution in [2.75, 3.05) is 31.1 Å². The lowest BCUT2D eigenvalue weighted by Crippen LogP contribution is -2.46. The van der Waals surface area contributed by atoms with Gasteiger partial charge in [-0.3, -0.25) is 14.9 Å². The van der Waals surface area contributed by atoms with Crippen LogP contribution in [-0.4, -0.2) is 55.6 Å². The standard InChI is InChI=1S/C16H19N7/c1-13-10-19-14(11-18-13)12-21-6-8-22(9-7-21)16-3-2-15-17-4-5-23(15)20-16/h2-5,10-11H,6-9,12H2,1H3. The van der Waals surface area contributed by atoms with E-state index < -0.39 is 0 Å². The maximum absolute atomic E-state index is 4.62. The number of hydrogen-bond acceptors (Lipinski definition) is 6. The Bertz CT molecular complexity index is 788. The summed E-state index contributed by atoms with van der Waals surface area (Å²) in [6, 6.07) is 4.06. The van der Waals surface area contributed by atoms with Gasteiger partial charge in [-0.25, -0.2) is 9.50 Å². The van der Waals surface area contributed by atoms with E-state index in [1.165, 1.54) is 0 Å². The van der Waals surface area contributed by atoms with E-state index in [1.807, 2.05) is 42.2 Å². The quantitative estimate of drug-likeness (QED) is 0.723. The molecule has 118 valence electrons. The molecule has 0 saturated carbocycles. The van der Waals surface area contributed by atoms with E-state index >= 15 is 0 Å². The van der Waals surface area contributed by atoms with Gasteiger partial charge in [0.15, 0.2) is 5.65 Å². The molecular weight excluding hydrogens is 290 g/mol. The summed E-state index contributed by atoms with van der Waals surface area (Å²) in [7, 11) is 0. The lowest BCUT2D eigenvalue weighted by Gasteiger charge is -2.35. The lowest BCUT2D eigenvalue weighted by atomic mass is 10.3. The van der Waals surface area contributed by atoms with Crippen LogP contribution in [0.5, 0.6) is 0 Å². The highest BCUT2D eigenvalue weighted by Gasteiger charge is 2.19. The van der Waals surface area contributed by atoms with Gasteiger partial charge in [0.25, 0.3) is 0 Å². The number of piperazine rings is 1. The van der Waals surface area contributed by atoms with E-state index in [2.05, 4.69) is 29.9 Å². The van der Waals surface area contributed by atoms with Crippen LogP contribution in [0.1, 0.15) is 11.4 Å². The van der Waals surface area contributed by atoms with E-state index in [1.54, 1.807) is 6.20 Å². The summed E-state index contributed by atoms with van der Waals surface area (Å²) in [5.41, 5.74) is 2.87. The molecule has 7 nitrogen and oxygen atoms in total. The zero-order valence-electron chi connectivity index (χ0n) is 13.1. The second kappa shape index (κ2) is 5.92. The molecule has 1 aliphatic rings. The summed E-state index contributed by atoms with van der Waals surface area (Å²) >= 11 is 0. The van der Waals surface area contributed by atoms with Gasteiger partial charge in [-0.15, -0.1) is 5.10 Å². The van der Waals surface area contributed by atoms with E-state index in [-0.39, 0.29) is 0 Å². The van der Waals surface area contributed by atoms with Crippen LogP contribution in [0.2, 0.25) is 0 Å². The predicted molar refractivity (Wildman–Crippen MR) is 87.2 cm³/mol. The lowest BCUT2D eigenvalue weighted by molar-refractivity contribution is 0.246. The van der Waals surface area contributed by atoms with Crippen molar-refractivity contribution < 1.29 is 0 Å². The summed E-state index contributed by atoms with van der Waals surface area (Å²) in [4.78, 5) is 17.7. The Labute approximate surface area is 134 Å². The molecule has 0 N–H and O–H groups in total. The number of aryl methyl sites for hydroxylation is 1. The maximum atomic E-state index is 4.62. The van der Waals surface area contributed by atoms with Crippen molar-refractivity contribution in [2.45, 2.75) is 13.5 Å². The van der Waals surface area contributed by atoms with Gasteiger partial charge in [0.2, 0.25) is 0 Å². The van der Waals surface area contributed by atoms with Crippen LogP contribution in [-0.2, 0) is 6.54 Å². The highest BCUT2D eigenvalue weighted by Crippen LogP contribution is 2.15. The molecule has 0 radical (unpaired) electrons. The largest absolute Gasteiger partial charge is 0.353 e. The molecule has 3 aromatic rings. The van der Waals surface area contributed by atoms with Gasteiger partial charge in [-0.1, -0.05) is 0 Å². The molecule has 4 heterocycles. The van der Waals surface area contributed by atoms with Gasteiger partial charge in [0, 0.05) is 57.5 Å². The Morgan fingerprint density at radius 3 is 2.65 bits per heavy atom. The average molecular weight is 309 g/mol. The van der Waals surface area contributed by atoms with Crippen molar-refractivity contribution >= 4 is 11.5 Å². The Morgan fingerprint density at radius 2 is 1.87 bits per heavy atom. The van der Waals surface area contributed by atoms with Gasteiger partial charge >= 0.3 is 0 Å². The summed E-state index contributed by atoms with van der Waals surface area (Å²) in [6.07, 6.45) is 7.35. The van der Waals surface area contributed by atoms with Crippen molar-refractivity contribution in [3.63, 3.8) is 0 Å². The number of nitrogens with zero attached hydrogens (tertiary/aromatic N) is 7. The SMILES string of the molecule is Cc1cnc(CN2CCN(c3ccc4nccn4n3)CC2)cn1. The average Bonchev–Trinajstić information content (AvgIpc) is 3.05. The van der Waals surface area contributed by atoms with Gasteiger partial charge in [-0.05, 0) is 19.1 Å². The Kier molecular flexibility index (Phi) is 3.63. The highest BCUT2D eigenvalue weighted by atomic mass is 15.3. The maximum Gasteiger partial charge on any atom is 0.153 e. The summed E-state index contributed by atoms with van der Waals surface area (Å²) in [5, 5.41) is 4.62. The fourth-order valence-corrected chi connectivity index (χ4v) is 2.84. The summed E-state index contributed by atoms with van der Waals surface area (Å²) in [5.74, 6) is 1.00. The predicted octanol–water partition coefficient (Wildman–Crippen LogP) is 1.15. The molecule has 23 heavy (non-hydrogen) atoms. The molecule has 0 atom stereocenters. The minimum Gasteiger partial charge on any atom is -0.353 e. The number of rotatable bonds is 3. The number of fused-ring (bicyclic) bond motifs is 1. The van der Waals surface area contributed by atoms with Crippen LogP contribution in [0.25, 0.3) is 5.65 Å². The third kappa shape index (κ3) is 3.00. The van der Waals surface area contributed by atoms with Crippen LogP contribution in [0, 0.1) is 6.92 Å². The molecule has 0 aromatic carbocycles. The molecule has 0 aliphatic carbocycles. The molecule has 7 heteroatoms. The molecule has 0 spiro atoms. The molecule has 0 unspecified atom stereocenters. The third-order valence-corrected chi connectivity index (χ3v) is 4.16. The van der Waals surface area contributed by atoms with E-state index in [0.717, 1.165) is 55.6 Å². The number of anilines is 1. The van der Waals surface area contributed by atoms with Crippen LogP contribution in [0.3, 0.4) is 0 Å². The van der Waals surface area contributed by atoms with Crippen LogP contribution in [0.4, 0.5) is 5.82 Å².